The Hall–Kier alpha value is -2.53. The number of anilines is 1. The fourth-order valence-electron chi connectivity index (χ4n) is 2.74. The number of benzene rings is 2. The Morgan fingerprint density at radius 2 is 1.77 bits per heavy atom. The largest absolute Gasteiger partial charge is 0.334 e. The standard InChI is InChI=1S/C20H22ClN3O2/c21-18-10-2-1-6-16(18)13-23-20(26)22-12-14-5-3-9-17(11-14)24-19(25)15-7-4-8-15/h1-3,5-6,9-11,15H,4,7-8,12-13H2,(H,24,25)(H2,22,23,26). The summed E-state index contributed by atoms with van der Waals surface area (Å²) in [4.78, 5) is 24.0. The van der Waals surface area contributed by atoms with Crippen molar-refractivity contribution in [2.75, 3.05) is 5.32 Å². The second-order valence-electron chi connectivity index (χ2n) is 6.45. The molecule has 1 saturated carbocycles. The van der Waals surface area contributed by atoms with Gasteiger partial charge < -0.3 is 16.0 Å². The molecule has 0 unspecified atom stereocenters. The van der Waals surface area contributed by atoms with Gasteiger partial charge in [0.1, 0.15) is 0 Å². The molecule has 5 nitrogen and oxygen atoms in total. The average molecular weight is 372 g/mol. The number of hydrogen-bond donors (Lipinski definition) is 3. The second kappa shape index (κ2) is 8.72. The molecule has 26 heavy (non-hydrogen) atoms. The number of amides is 3. The van der Waals surface area contributed by atoms with Crippen molar-refractivity contribution in [3.63, 3.8) is 0 Å². The van der Waals surface area contributed by atoms with Crippen molar-refractivity contribution in [3.8, 4) is 0 Å². The fourth-order valence-corrected chi connectivity index (χ4v) is 2.94. The highest BCUT2D eigenvalue weighted by atomic mass is 35.5. The Bertz CT molecular complexity index is 790. The molecule has 6 heteroatoms. The van der Waals surface area contributed by atoms with Gasteiger partial charge in [-0.05, 0) is 42.2 Å². The molecule has 0 bridgehead atoms. The summed E-state index contributed by atoms with van der Waals surface area (Å²) < 4.78 is 0. The van der Waals surface area contributed by atoms with Crippen LogP contribution in [0.5, 0.6) is 0 Å². The lowest BCUT2D eigenvalue weighted by Gasteiger charge is -2.24. The summed E-state index contributed by atoms with van der Waals surface area (Å²) in [5, 5.41) is 9.16. The minimum absolute atomic E-state index is 0.0823. The maximum absolute atomic E-state index is 12.0. The first kappa shape index (κ1) is 18.3. The van der Waals surface area contributed by atoms with Crippen LogP contribution in [-0.2, 0) is 17.9 Å². The van der Waals surface area contributed by atoms with Crippen LogP contribution in [0.4, 0.5) is 10.5 Å². The molecule has 2 aromatic rings. The van der Waals surface area contributed by atoms with Gasteiger partial charge in [-0.25, -0.2) is 4.79 Å². The fraction of sp³-hybridized carbons (Fsp3) is 0.300. The smallest absolute Gasteiger partial charge is 0.315 e. The first-order chi connectivity index (χ1) is 12.6. The molecule has 136 valence electrons. The number of urea groups is 1. The number of carbonyl (C=O) groups excluding carboxylic acids is 2. The third kappa shape index (κ3) is 4.99. The monoisotopic (exact) mass is 371 g/mol. The molecule has 3 N–H and O–H groups in total. The maximum atomic E-state index is 12.0. The van der Waals surface area contributed by atoms with Crippen molar-refractivity contribution in [2.45, 2.75) is 32.4 Å². The predicted octanol–water partition coefficient (Wildman–Crippen LogP) is 4.08. The van der Waals surface area contributed by atoms with Gasteiger partial charge in [0.15, 0.2) is 0 Å². The SMILES string of the molecule is O=C(NCc1cccc(NC(=O)C2CCC2)c1)NCc1ccccc1Cl. The summed E-state index contributed by atoms with van der Waals surface area (Å²) in [6.07, 6.45) is 3.07. The van der Waals surface area contributed by atoms with Crippen molar-refractivity contribution < 1.29 is 9.59 Å². The molecule has 0 saturated heterocycles. The summed E-state index contributed by atoms with van der Waals surface area (Å²) in [6, 6.07) is 14.6. The van der Waals surface area contributed by atoms with Crippen LogP contribution in [0.25, 0.3) is 0 Å². The Balaban J connectivity index is 1.46. The highest BCUT2D eigenvalue weighted by Gasteiger charge is 2.25. The first-order valence-corrected chi connectivity index (χ1v) is 9.14. The molecule has 0 atom stereocenters. The van der Waals surface area contributed by atoms with Crippen molar-refractivity contribution in [1.82, 2.24) is 10.6 Å². The predicted molar refractivity (Wildman–Crippen MR) is 103 cm³/mol. The van der Waals surface area contributed by atoms with Gasteiger partial charge >= 0.3 is 6.03 Å². The van der Waals surface area contributed by atoms with Gasteiger partial charge in [0.2, 0.25) is 5.91 Å². The molecule has 0 heterocycles. The van der Waals surface area contributed by atoms with E-state index in [1.54, 1.807) is 6.07 Å². The minimum atomic E-state index is -0.270. The summed E-state index contributed by atoms with van der Waals surface area (Å²) in [5.41, 5.74) is 2.55. The van der Waals surface area contributed by atoms with Gasteiger partial charge in [0.25, 0.3) is 0 Å². The van der Waals surface area contributed by atoms with E-state index in [-0.39, 0.29) is 17.9 Å². The van der Waals surface area contributed by atoms with E-state index >= 15 is 0 Å². The van der Waals surface area contributed by atoms with E-state index < -0.39 is 0 Å². The van der Waals surface area contributed by atoms with Gasteiger partial charge in [0.05, 0.1) is 0 Å². The Morgan fingerprint density at radius 1 is 1.00 bits per heavy atom. The molecule has 1 aliphatic carbocycles. The topological polar surface area (TPSA) is 70.2 Å². The normalized spacial score (nSPS) is 13.6. The van der Waals surface area contributed by atoms with Gasteiger partial charge in [-0.2, -0.15) is 0 Å². The average Bonchev–Trinajstić information content (AvgIpc) is 2.58. The molecular formula is C20H22ClN3O2. The summed E-state index contributed by atoms with van der Waals surface area (Å²) in [6.45, 7) is 0.741. The van der Waals surface area contributed by atoms with Crippen LogP contribution in [-0.4, -0.2) is 11.9 Å². The molecule has 2 aromatic carbocycles. The molecule has 3 amide bonds. The molecule has 1 aliphatic rings. The van der Waals surface area contributed by atoms with Crippen LogP contribution in [0.3, 0.4) is 0 Å². The maximum Gasteiger partial charge on any atom is 0.315 e. The van der Waals surface area contributed by atoms with Gasteiger partial charge in [-0.3, -0.25) is 4.79 Å². The quantitative estimate of drug-likeness (QED) is 0.716. The van der Waals surface area contributed by atoms with Crippen molar-refractivity contribution in [3.05, 3.63) is 64.7 Å². The van der Waals surface area contributed by atoms with Crippen LogP contribution in [0.1, 0.15) is 30.4 Å². The molecule has 3 rings (SSSR count). The molecule has 0 radical (unpaired) electrons. The van der Waals surface area contributed by atoms with E-state index in [1.807, 2.05) is 42.5 Å². The zero-order chi connectivity index (χ0) is 18.4. The zero-order valence-electron chi connectivity index (χ0n) is 14.4. The number of rotatable bonds is 6. The third-order valence-corrected chi connectivity index (χ3v) is 4.89. The Kier molecular flexibility index (Phi) is 6.12. The number of carbonyl (C=O) groups is 2. The molecular weight excluding hydrogens is 350 g/mol. The van der Waals surface area contributed by atoms with Crippen LogP contribution in [0.2, 0.25) is 5.02 Å². The number of hydrogen-bond acceptors (Lipinski definition) is 2. The van der Waals surface area contributed by atoms with Crippen LogP contribution in [0.15, 0.2) is 48.5 Å². The van der Waals surface area contributed by atoms with Crippen LogP contribution in [0, 0.1) is 5.92 Å². The summed E-state index contributed by atoms with van der Waals surface area (Å²) >= 11 is 6.07. The van der Waals surface area contributed by atoms with Gasteiger partial charge in [0, 0.05) is 29.7 Å². The van der Waals surface area contributed by atoms with Gasteiger partial charge in [-0.1, -0.05) is 48.4 Å². The minimum Gasteiger partial charge on any atom is -0.334 e. The second-order valence-corrected chi connectivity index (χ2v) is 6.85. The lowest BCUT2D eigenvalue weighted by molar-refractivity contribution is -0.122. The van der Waals surface area contributed by atoms with Gasteiger partial charge in [-0.15, -0.1) is 0 Å². The highest BCUT2D eigenvalue weighted by Crippen LogP contribution is 2.27. The molecule has 0 aromatic heterocycles. The van der Waals surface area contributed by atoms with E-state index in [0.717, 1.165) is 36.1 Å². The van der Waals surface area contributed by atoms with E-state index in [9.17, 15) is 9.59 Å². The van der Waals surface area contributed by atoms with E-state index in [2.05, 4.69) is 16.0 Å². The Labute approximate surface area is 158 Å². The molecule has 0 spiro atoms. The first-order valence-electron chi connectivity index (χ1n) is 8.77. The molecule has 1 fully saturated rings. The van der Waals surface area contributed by atoms with Crippen LogP contribution >= 0.6 is 11.6 Å². The third-order valence-electron chi connectivity index (χ3n) is 4.52. The molecule has 0 aliphatic heterocycles. The Morgan fingerprint density at radius 3 is 2.50 bits per heavy atom. The highest BCUT2D eigenvalue weighted by molar-refractivity contribution is 6.31. The zero-order valence-corrected chi connectivity index (χ0v) is 15.2. The summed E-state index contributed by atoms with van der Waals surface area (Å²) in [7, 11) is 0. The van der Waals surface area contributed by atoms with E-state index in [1.165, 1.54) is 0 Å². The number of nitrogens with one attached hydrogen (secondary N) is 3. The summed E-state index contributed by atoms with van der Waals surface area (Å²) in [5.74, 6) is 0.228. The lowest BCUT2D eigenvalue weighted by Crippen LogP contribution is -2.34. The van der Waals surface area contributed by atoms with Crippen molar-refractivity contribution in [2.24, 2.45) is 5.92 Å². The van der Waals surface area contributed by atoms with E-state index in [4.69, 9.17) is 11.6 Å². The number of halogens is 1. The van der Waals surface area contributed by atoms with Crippen molar-refractivity contribution >= 4 is 29.2 Å². The lowest BCUT2D eigenvalue weighted by atomic mass is 9.85. The van der Waals surface area contributed by atoms with Crippen LogP contribution < -0.4 is 16.0 Å². The van der Waals surface area contributed by atoms with E-state index in [0.29, 0.717) is 18.1 Å². The van der Waals surface area contributed by atoms with Crippen molar-refractivity contribution in [1.29, 1.82) is 0 Å².